The predicted molar refractivity (Wildman–Crippen MR) is 150 cm³/mol. The molecular weight excluding hydrogens is 546 g/mol. The molecule has 0 fully saturated rings. The van der Waals surface area contributed by atoms with Crippen LogP contribution in [0.4, 0.5) is 0 Å². The van der Waals surface area contributed by atoms with Gasteiger partial charge in [0.2, 0.25) is 17.7 Å². The van der Waals surface area contributed by atoms with Gasteiger partial charge in [-0.25, -0.2) is 4.79 Å². The van der Waals surface area contributed by atoms with Gasteiger partial charge in [-0.2, -0.15) is 11.8 Å². The van der Waals surface area contributed by atoms with Crippen molar-refractivity contribution in [2.24, 2.45) is 0 Å². The van der Waals surface area contributed by atoms with Crippen molar-refractivity contribution < 1.29 is 48.0 Å². The number of ketones is 1. The molecule has 0 saturated carbocycles. The summed E-state index contributed by atoms with van der Waals surface area (Å²) in [6.45, 7) is 4.33. The van der Waals surface area contributed by atoms with Gasteiger partial charge in [0.05, 0.1) is 38.8 Å². The summed E-state index contributed by atoms with van der Waals surface area (Å²) in [5, 5.41) is 17.2. The quantitative estimate of drug-likeness (QED) is 0.0931. The average molecular weight is 594 g/mol. The third-order valence-electron chi connectivity index (χ3n) is 5.18. The van der Waals surface area contributed by atoms with E-state index in [0.717, 1.165) is 6.42 Å². The van der Waals surface area contributed by atoms with E-state index in [0.29, 0.717) is 77.4 Å². The molecule has 0 aliphatic carbocycles. The highest BCUT2D eigenvalue weighted by Crippen LogP contribution is 2.02. The summed E-state index contributed by atoms with van der Waals surface area (Å²) in [5.41, 5.74) is 0. The van der Waals surface area contributed by atoms with E-state index in [2.05, 4.69) is 16.0 Å². The molecule has 0 aliphatic rings. The minimum absolute atomic E-state index is 0.000909. The van der Waals surface area contributed by atoms with Gasteiger partial charge >= 0.3 is 5.97 Å². The van der Waals surface area contributed by atoms with Crippen molar-refractivity contribution in [2.75, 3.05) is 78.0 Å². The number of amides is 3. The summed E-state index contributed by atoms with van der Waals surface area (Å²) in [6.07, 6.45) is 5.39. The van der Waals surface area contributed by atoms with Gasteiger partial charge in [0.15, 0.2) is 5.78 Å². The summed E-state index contributed by atoms with van der Waals surface area (Å²) >= 11 is 1.42. The Morgan fingerprint density at radius 3 is 2.05 bits per heavy atom. The molecule has 232 valence electrons. The normalized spacial score (nSPS) is 11.6. The highest BCUT2D eigenvalue weighted by Gasteiger charge is 2.19. The van der Waals surface area contributed by atoms with E-state index in [-0.39, 0.29) is 50.4 Å². The molecule has 40 heavy (non-hydrogen) atoms. The molecule has 3 amide bonds. The SMILES string of the molecule is CCCC(=O)NCCOCCOCC(=O)CCCOCCOCC(=O)NC(CCCCNC(=O)CSC)C(=O)O. The molecule has 1 unspecified atom stereocenters. The number of unbranched alkanes of at least 4 members (excludes halogenated alkanes) is 1. The van der Waals surface area contributed by atoms with E-state index in [9.17, 15) is 29.1 Å². The van der Waals surface area contributed by atoms with E-state index >= 15 is 0 Å². The molecule has 0 spiro atoms. The summed E-state index contributed by atoms with van der Waals surface area (Å²) < 4.78 is 21.2. The van der Waals surface area contributed by atoms with E-state index in [1.165, 1.54) is 11.8 Å². The van der Waals surface area contributed by atoms with Crippen LogP contribution in [0.15, 0.2) is 0 Å². The predicted octanol–water partition coefficient (Wildman–Crippen LogP) is 0.537. The number of carbonyl (C=O) groups is 5. The van der Waals surface area contributed by atoms with Gasteiger partial charge in [-0.15, -0.1) is 0 Å². The van der Waals surface area contributed by atoms with E-state index in [4.69, 9.17) is 18.9 Å². The highest BCUT2D eigenvalue weighted by molar-refractivity contribution is 7.99. The first-order valence-corrected chi connectivity index (χ1v) is 15.1. The molecule has 4 N–H and O–H groups in total. The second-order valence-corrected chi connectivity index (χ2v) is 9.68. The minimum atomic E-state index is -1.12. The molecule has 0 aromatic rings. The largest absolute Gasteiger partial charge is 0.480 e. The van der Waals surface area contributed by atoms with Crippen LogP contribution in [-0.2, 0) is 42.9 Å². The van der Waals surface area contributed by atoms with E-state index < -0.39 is 17.9 Å². The van der Waals surface area contributed by atoms with E-state index in [1.807, 2.05) is 13.2 Å². The molecule has 0 rings (SSSR count). The van der Waals surface area contributed by atoms with Crippen LogP contribution in [0.3, 0.4) is 0 Å². The topological polar surface area (TPSA) is 179 Å². The Morgan fingerprint density at radius 2 is 1.38 bits per heavy atom. The standard InChI is InChI=1S/C26H47N3O10S/c1-3-7-23(31)28-11-13-37-15-16-38-18-21(30)8-6-12-36-14-17-39-19-24(32)29-22(26(34)35)9-4-5-10-27-25(33)20-40-2/h22H,3-20H2,1-2H3,(H,27,33)(H,28,31)(H,29,32)(H,34,35). The Morgan fingerprint density at radius 1 is 0.725 bits per heavy atom. The summed E-state index contributed by atoms with van der Waals surface area (Å²) in [4.78, 5) is 57.8. The zero-order valence-electron chi connectivity index (χ0n) is 23.8. The van der Waals surface area contributed by atoms with Crippen molar-refractivity contribution in [2.45, 2.75) is 57.9 Å². The van der Waals surface area contributed by atoms with Crippen LogP contribution in [0.5, 0.6) is 0 Å². The van der Waals surface area contributed by atoms with Crippen LogP contribution in [0.1, 0.15) is 51.9 Å². The number of hydrogen-bond donors (Lipinski definition) is 4. The number of rotatable bonds is 28. The Hall–Kier alpha value is -2.26. The molecule has 1 atom stereocenters. The molecule has 0 aliphatic heterocycles. The summed E-state index contributed by atoms with van der Waals surface area (Å²) in [5.74, 6) is -1.37. The molecule has 0 aromatic heterocycles. The Labute approximate surface area is 241 Å². The lowest BCUT2D eigenvalue weighted by Crippen LogP contribution is -2.42. The number of nitrogens with one attached hydrogen (secondary N) is 3. The zero-order valence-corrected chi connectivity index (χ0v) is 24.7. The van der Waals surface area contributed by atoms with Crippen LogP contribution in [0.25, 0.3) is 0 Å². The van der Waals surface area contributed by atoms with Crippen LogP contribution in [0, 0.1) is 0 Å². The Balaban J connectivity index is 3.64. The number of hydrogen-bond acceptors (Lipinski definition) is 10. The van der Waals surface area contributed by atoms with Crippen molar-refractivity contribution in [3.05, 3.63) is 0 Å². The first-order valence-electron chi connectivity index (χ1n) is 13.7. The third-order valence-corrected chi connectivity index (χ3v) is 5.73. The van der Waals surface area contributed by atoms with Gasteiger partial charge in [-0.1, -0.05) is 6.92 Å². The van der Waals surface area contributed by atoms with E-state index in [1.54, 1.807) is 0 Å². The number of carboxylic acids is 1. The Bertz CT molecular complexity index is 727. The minimum Gasteiger partial charge on any atom is -0.480 e. The lowest BCUT2D eigenvalue weighted by molar-refractivity contribution is -0.142. The van der Waals surface area contributed by atoms with Gasteiger partial charge in [-0.3, -0.25) is 19.2 Å². The van der Waals surface area contributed by atoms with Crippen LogP contribution in [0.2, 0.25) is 0 Å². The Kier molecular flexibility index (Phi) is 25.4. The second-order valence-electron chi connectivity index (χ2n) is 8.81. The lowest BCUT2D eigenvalue weighted by Gasteiger charge is -2.14. The molecule has 0 heterocycles. The maximum atomic E-state index is 12.0. The van der Waals surface area contributed by atoms with Crippen molar-refractivity contribution in [3.63, 3.8) is 0 Å². The molecule has 0 aromatic carbocycles. The van der Waals surface area contributed by atoms with Gasteiger partial charge in [-0.05, 0) is 38.4 Å². The molecule has 14 heteroatoms. The maximum Gasteiger partial charge on any atom is 0.326 e. The number of carboxylic acid groups (broad SMARTS) is 1. The third kappa shape index (κ3) is 24.8. The summed E-state index contributed by atoms with van der Waals surface area (Å²) in [7, 11) is 0. The van der Waals surface area contributed by atoms with Gasteiger partial charge in [0.25, 0.3) is 0 Å². The molecule has 0 bridgehead atoms. The fourth-order valence-electron chi connectivity index (χ4n) is 3.19. The molecule has 13 nitrogen and oxygen atoms in total. The van der Waals surface area contributed by atoms with Crippen molar-refractivity contribution in [1.82, 2.24) is 16.0 Å². The van der Waals surface area contributed by atoms with Crippen molar-refractivity contribution in [3.8, 4) is 0 Å². The number of ether oxygens (including phenoxy) is 4. The van der Waals surface area contributed by atoms with Crippen LogP contribution >= 0.6 is 11.8 Å². The monoisotopic (exact) mass is 593 g/mol. The van der Waals surface area contributed by atoms with Gasteiger partial charge in [0.1, 0.15) is 19.3 Å². The number of carbonyl (C=O) groups excluding carboxylic acids is 4. The fourth-order valence-corrected chi connectivity index (χ4v) is 3.55. The number of Topliss-reactive ketones (excluding diaryl/α,β-unsaturated/α-hetero) is 1. The average Bonchev–Trinajstić information content (AvgIpc) is 2.91. The van der Waals surface area contributed by atoms with Crippen molar-refractivity contribution >= 4 is 41.2 Å². The zero-order chi connectivity index (χ0) is 29.8. The maximum absolute atomic E-state index is 12.0. The van der Waals surface area contributed by atoms with Crippen LogP contribution < -0.4 is 16.0 Å². The van der Waals surface area contributed by atoms with Crippen LogP contribution in [-0.4, -0.2) is 119 Å². The smallest absolute Gasteiger partial charge is 0.326 e. The number of thioether (sulfide) groups is 1. The first kappa shape index (κ1) is 37.7. The molecule has 0 radical (unpaired) electrons. The molecule has 0 saturated heterocycles. The van der Waals surface area contributed by atoms with Crippen molar-refractivity contribution in [1.29, 1.82) is 0 Å². The van der Waals surface area contributed by atoms with Gasteiger partial charge in [0, 0.05) is 32.5 Å². The fraction of sp³-hybridized carbons (Fsp3) is 0.808. The summed E-state index contributed by atoms with van der Waals surface area (Å²) in [6, 6.07) is -1.02. The first-order chi connectivity index (χ1) is 19.3. The second kappa shape index (κ2) is 26.9. The van der Waals surface area contributed by atoms with Gasteiger partial charge < -0.3 is 40.0 Å². The highest BCUT2D eigenvalue weighted by atomic mass is 32.2. The number of aliphatic carboxylic acids is 1. The molecular formula is C26H47N3O10S. The lowest BCUT2D eigenvalue weighted by atomic mass is 10.1.